The first-order chi connectivity index (χ1) is 12.0. The van der Waals surface area contributed by atoms with Crippen LogP contribution in [0.1, 0.15) is 35.2 Å². The van der Waals surface area contributed by atoms with Gasteiger partial charge in [0.15, 0.2) is 6.10 Å². The van der Waals surface area contributed by atoms with E-state index in [1.165, 1.54) is 18.5 Å². The number of amides is 1. The van der Waals surface area contributed by atoms with Gasteiger partial charge in [-0.2, -0.15) is 0 Å². The molecular weight excluding hydrogens is 329 g/mol. The zero-order chi connectivity index (χ0) is 17.6. The van der Waals surface area contributed by atoms with Crippen molar-refractivity contribution in [2.75, 3.05) is 13.1 Å². The standard InChI is InChI=1S/C16H16FN5O3/c1-8-5-22(6-13(24-8)15-21-20-9(2)25-15)16(23)11-3-10(17)4-12-14(11)19-7-18-12/h3-4,7-8,13H,5-6H2,1-2H3,(H,18,19)/t8-,13-/m1/s1. The van der Waals surface area contributed by atoms with Crippen LogP contribution in [0.5, 0.6) is 0 Å². The molecule has 1 aliphatic heterocycles. The molecule has 3 aromatic rings. The molecule has 0 radical (unpaired) electrons. The maximum Gasteiger partial charge on any atom is 0.256 e. The quantitative estimate of drug-likeness (QED) is 0.763. The molecule has 0 bridgehead atoms. The summed E-state index contributed by atoms with van der Waals surface area (Å²) in [6.07, 6.45) is 0.697. The molecule has 1 aromatic carbocycles. The van der Waals surface area contributed by atoms with E-state index in [-0.39, 0.29) is 24.1 Å². The summed E-state index contributed by atoms with van der Waals surface area (Å²) in [6.45, 7) is 4.16. The number of aromatic nitrogens is 4. The van der Waals surface area contributed by atoms with Gasteiger partial charge in [-0.3, -0.25) is 4.79 Å². The molecule has 1 aliphatic rings. The average molecular weight is 345 g/mol. The highest BCUT2D eigenvalue weighted by molar-refractivity contribution is 6.04. The number of nitrogens with zero attached hydrogens (tertiary/aromatic N) is 4. The Morgan fingerprint density at radius 3 is 2.96 bits per heavy atom. The van der Waals surface area contributed by atoms with Gasteiger partial charge in [0.2, 0.25) is 11.8 Å². The largest absolute Gasteiger partial charge is 0.423 e. The Morgan fingerprint density at radius 2 is 2.20 bits per heavy atom. The molecule has 9 heteroatoms. The van der Waals surface area contributed by atoms with Crippen LogP contribution in [0.3, 0.4) is 0 Å². The van der Waals surface area contributed by atoms with E-state index in [1.807, 2.05) is 6.92 Å². The third-order valence-corrected chi connectivity index (χ3v) is 4.08. The van der Waals surface area contributed by atoms with Crippen molar-refractivity contribution in [1.29, 1.82) is 0 Å². The van der Waals surface area contributed by atoms with Crippen molar-refractivity contribution < 1.29 is 18.3 Å². The highest BCUT2D eigenvalue weighted by atomic mass is 19.1. The molecule has 0 unspecified atom stereocenters. The minimum Gasteiger partial charge on any atom is -0.423 e. The van der Waals surface area contributed by atoms with E-state index in [2.05, 4.69) is 20.2 Å². The van der Waals surface area contributed by atoms with Crippen molar-refractivity contribution >= 4 is 16.9 Å². The number of benzene rings is 1. The monoisotopic (exact) mass is 345 g/mol. The van der Waals surface area contributed by atoms with Gasteiger partial charge in [-0.15, -0.1) is 10.2 Å². The lowest BCUT2D eigenvalue weighted by atomic mass is 10.1. The number of H-pyrrole nitrogens is 1. The Kier molecular flexibility index (Phi) is 3.72. The first kappa shape index (κ1) is 15.7. The van der Waals surface area contributed by atoms with Crippen LogP contribution >= 0.6 is 0 Å². The van der Waals surface area contributed by atoms with E-state index in [0.717, 1.165) is 0 Å². The normalized spacial score (nSPS) is 21.0. The van der Waals surface area contributed by atoms with Crippen molar-refractivity contribution in [3.63, 3.8) is 0 Å². The molecule has 8 nitrogen and oxygen atoms in total. The van der Waals surface area contributed by atoms with Crippen LogP contribution in [0.15, 0.2) is 22.9 Å². The number of halogens is 1. The number of morpholine rings is 1. The lowest BCUT2D eigenvalue weighted by Crippen LogP contribution is -2.46. The Hall–Kier alpha value is -2.81. The van der Waals surface area contributed by atoms with Gasteiger partial charge in [0.1, 0.15) is 11.3 Å². The SMILES string of the molecule is Cc1nnc([C@H]2CN(C(=O)c3cc(F)cc4[nH]cnc34)C[C@@H](C)O2)o1. The number of hydrogen-bond acceptors (Lipinski definition) is 6. The Bertz CT molecular complexity index is 937. The summed E-state index contributed by atoms with van der Waals surface area (Å²) in [4.78, 5) is 21.5. The van der Waals surface area contributed by atoms with Crippen molar-refractivity contribution in [3.05, 3.63) is 41.6 Å². The van der Waals surface area contributed by atoms with Crippen LogP contribution in [-0.4, -0.2) is 50.2 Å². The number of imidazole rings is 1. The molecule has 25 heavy (non-hydrogen) atoms. The molecule has 0 saturated carbocycles. The molecule has 0 aliphatic carbocycles. The molecule has 0 spiro atoms. The maximum atomic E-state index is 13.8. The summed E-state index contributed by atoms with van der Waals surface area (Å²) in [5.74, 6) is -0.0532. The third-order valence-electron chi connectivity index (χ3n) is 4.08. The summed E-state index contributed by atoms with van der Waals surface area (Å²) < 4.78 is 25.1. The number of rotatable bonds is 2. The minimum absolute atomic E-state index is 0.214. The summed E-state index contributed by atoms with van der Waals surface area (Å²) in [7, 11) is 0. The highest BCUT2D eigenvalue weighted by Gasteiger charge is 2.33. The zero-order valence-corrected chi connectivity index (χ0v) is 13.7. The van der Waals surface area contributed by atoms with E-state index in [0.29, 0.717) is 29.4 Å². The number of hydrogen-bond donors (Lipinski definition) is 1. The molecule has 2 aromatic heterocycles. The van der Waals surface area contributed by atoms with E-state index in [4.69, 9.17) is 9.15 Å². The van der Waals surface area contributed by atoms with Gasteiger partial charge in [-0.1, -0.05) is 0 Å². The van der Waals surface area contributed by atoms with Gasteiger partial charge in [0.25, 0.3) is 5.91 Å². The molecule has 3 heterocycles. The average Bonchev–Trinajstić information content (AvgIpc) is 3.21. The number of aromatic amines is 1. The first-order valence-electron chi connectivity index (χ1n) is 7.88. The molecule has 2 atom stereocenters. The fourth-order valence-electron chi connectivity index (χ4n) is 3.04. The predicted molar refractivity (Wildman–Crippen MR) is 84.3 cm³/mol. The number of carbonyl (C=O) groups is 1. The molecule has 1 N–H and O–H groups in total. The first-order valence-corrected chi connectivity index (χ1v) is 7.88. The Labute approximate surface area is 142 Å². The fraction of sp³-hybridized carbons (Fsp3) is 0.375. The summed E-state index contributed by atoms with van der Waals surface area (Å²) >= 11 is 0. The van der Waals surface area contributed by atoms with Crippen LogP contribution in [0.4, 0.5) is 4.39 Å². The Balaban J connectivity index is 1.65. The Morgan fingerprint density at radius 1 is 1.36 bits per heavy atom. The van der Waals surface area contributed by atoms with E-state index < -0.39 is 11.9 Å². The highest BCUT2D eigenvalue weighted by Crippen LogP contribution is 2.27. The molecule has 1 fully saturated rings. The van der Waals surface area contributed by atoms with Gasteiger partial charge in [-0.05, 0) is 19.1 Å². The van der Waals surface area contributed by atoms with E-state index in [1.54, 1.807) is 11.8 Å². The maximum absolute atomic E-state index is 13.8. The lowest BCUT2D eigenvalue weighted by Gasteiger charge is -2.35. The van der Waals surface area contributed by atoms with Gasteiger partial charge in [-0.25, -0.2) is 9.37 Å². The van der Waals surface area contributed by atoms with Crippen molar-refractivity contribution in [1.82, 2.24) is 25.1 Å². The molecule has 1 amide bonds. The summed E-state index contributed by atoms with van der Waals surface area (Å²) in [6, 6.07) is 2.52. The van der Waals surface area contributed by atoms with Crippen LogP contribution in [0, 0.1) is 12.7 Å². The van der Waals surface area contributed by atoms with E-state index in [9.17, 15) is 9.18 Å². The number of nitrogens with one attached hydrogen (secondary N) is 1. The van der Waals surface area contributed by atoms with Crippen LogP contribution in [-0.2, 0) is 4.74 Å². The van der Waals surface area contributed by atoms with Crippen molar-refractivity contribution in [3.8, 4) is 0 Å². The summed E-state index contributed by atoms with van der Waals surface area (Å²) in [5, 5.41) is 7.77. The number of fused-ring (bicyclic) bond motifs is 1. The van der Waals surface area contributed by atoms with Crippen LogP contribution in [0.25, 0.3) is 11.0 Å². The number of ether oxygens (including phenoxy) is 1. The van der Waals surface area contributed by atoms with E-state index >= 15 is 0 Å². The fourth-order valence-corrected chi connectivity index (χ4v) is 3.04. The minimum atomic E-state index is -0.517. The molecule has 4 rings (SSSR count). The van der Waals surface area contributed by atoms with Crippen molar-refractivity contribution in [2.24, 2.45) is 0 Å². The smallest absolute Gasteiger partial charge is 0.256 e. The topological polar surface area (TPSA) is 97.1 Å². The third kappa shape index (κ3) is 2.86. The zero-order valence-electron chi connectivity index (χ0n) is 13.7. The van der Waals surface area contributed by atoms with Crippen molar-refractivity contribution in [2.45, 2.75) is 26.1 Å². The van der Waals surface area contributed by atoms with Gasteiger partial charge < -0.3 is 19.0 Å². The van der Waals surface area contributed by atoms with Crippen LogP contribution in [0.2, 0.25) is 0 Å². The summed E-state index contributed by atoms with van der Waals surface area (Å²) in [5.41, 5.74) is 1.13. The second kappa shape index (κ2) is 5.92. The number of aryl methyl sites for hydroxylation is 1. The molecule has 130 valence electrons. The second-order valence-electron chi connectivity index (χ2n) is 6.06. The number of carbonyl (C=O) groups excluding carboxylic acids is 1. The lowest BCUT2D eigenvalue weighted by molar-refractivity contribution is -0.0796. The van der Waals surface area contributed by atoms with Crippen LogP contribution < -0.4 is 0 Å². The molecular formula is C16H16FN5O3. The van der Waals surface area contributed by atoms with Gasteiger partial charge in [0.05, 0.1) is 30.1 Å². The predicted octanol–water partition coefficient (Wildman–Crippen LogP) is 2.00. The van der Waals surface area contributed by atoms with Gasteiger partial charge >= 0.3 is 0 Å². The van der Waals surface area contributed by atoms with Gasteiger partial charge in [0, 0.05) is 13.5 Å². The molecule has 1 saturated heterocycles. The second-order valence-corrected chi connectivity index (χ2v) is 6.06.